The van der Waals surface area contributed by atoms with Gasteiger partial charge in [0.25, 0.3) is 5.91 Å². The van der Waals surface area contributed by atoms with Crippen molar-refractivity contribution in [1.29, 1.82) is 0 Å². The van der Waals surface area contributed by atoms with Crippen LogP contribution < -0.4 is 5.32 Å². The standard InChI is InChI=1S/C26H26BrF2N3O5/c1-5-10-37-25(35)20(30-23(33)22-18(28)12-17(27)13-19(22)29)11-15-6-8-16(9-7-15)21-14(2)31(3)26(36)32(4)24(21)34/h6-9,11-13,24,34H,5,10H2,1-4H3,(H,30,33)/b20-11-. The summed E-state index contributed by atoms with van der Waals surface area (Å²) in [6.45, 7) is 3.59. The number of allylic oxidation sites excluding steroid dienone is 1. The first-order chi connectivity index (χ1) is 17.5. The molecule has 11 heteroatoms. The number of amides is 3. The molecule has 2 aromatic rings. The van der Waals surface area contributed by atoms with Crippen LogP contribution in [0.3, 0.4) is 0 Å². The van der Waals surface area contributed by atoms with E-state index >= 15 is 0 Å². The van der Waals surface area contributed by atoms with Crippen LogP contribution in [0.4, 0.5) is 13.6 Å². The molecule has 0 saturated carbocycles. The maximum atomic E-state index is 14.3. The fraction of sp³-hybridized carbons (Fsp3) is 0.269. The van der Waals surface area contributed by atoms with Gasteiger partial charge >= 0.3 is 12.0 Å². The molecule has 1 aliphatic heterocycles. The molecule has 0 aromatic heterocycles. The number of carbonyl (C=O) groups excluding carboxylic acids is 3. The fourth-order valence-electron chi connectivity index (χ4n) is 3.69. The summed E-state index contributed by atoms with van der Waals surface area (Å²) >= 11 is 2.96. The molecule has 0 fully saturated rings. The van der Waals surface area contributed by atoms with Crippen LogP contribution in [0, 0.1) is 11.6 Å². The summed E-state index contributed by atoms with van der Waals surface area (Å²) in [7, 11) is 3.09. The van der Waals surface area contributed by atoms with Crippen molar-refractivity contribution < 1.29 is 33.0 Å². The quantitative estimate of drug-likeness (QED) is 0.373. The summed E-state index contributed by atoms with van der Waals surface area (Å²) in [6, 6.07) is 8.13. The van der Waals surface area contributed by atoms with Crippen molar-refractivity contribution in [3.63, 3.8) is 0 Å². The molecule has 1 aliphatic rings. The highest BCUT2D eigenvalue weighted by Crippen LogP contribution is 2.31. The van der Waals surface area contributed by atoms with Crippen LogP contribution in [0.15, 0.2) is 52.3 Å². The highest BCUT2D eigenvalue weighted by atomic mass is 79.9. The molecule has 0 bridgehead atoms. The van der Waals surface area contributed by atoms with E-state index in [1.54, 1.807) is 45.2 Å². The predicted octanol–water partition coefficient (Wildman–Crippen LogP) is 4.50. The van der Waals surface area contributed by atoms with Gasteiger partial charge in [0.1, 0.15) is 22.9 Å². The molecule has 3 rings (SSSR count). The largest absolute Gasteiger partial charge is 0.461 e. The maximum absolute atomic E-state index is 14.3. The Kier molecular flexibility index (Phi) is 8.82. The van der Waals surface area contributed by atoms with Gasteiger partial charge in [0.05, 0.1) is 6.61 Å². The Bertz CT molecular complexity index is 1270. The summed E-state index contributed by atoms with van der Waals surface area (Å²) in [6.07, 6.45) is 0.689. The van der Waals surface area contributed by atoms with Crippen LogP contribution in [0.1, 0.15) is 41.8 Å². The average Bonchev–Trinajstić information content (AvgIpc) is 2.84. The lowest BCUT2D eigenvalue weighted by atomic mass is 9.98. The molecule has 2 aromatic carbocycles. The highest BCUT2D eigenvalue weighted by Gasteiger charge is 2.33. The molecule has 196 valence electrons. The van der Waals surface area contributed by atoms with E-state index in [0.717, 1.165) is 12.1 Å². The number of nitrogens with zero attached hydrogens (tertiary/aromatic N) is 2. The van der Waals surface area contributed by atoms with E-state index in [0.29, 0.717) is 28.8 Å². The summed E-state index contributed by atoms with van der Waals surface area (Å²) in [4.78, 5) is 40.1. The van der Waals surface area contributed by atoms with Crippen LogP contribution in [-0.2, 0) is 9.53 Å². The lowest BCUT2D eigenvalue weighted by Gasteiger charge is -2.37. The van der Waals surface area contributed by atoms with Crippen LogP contribution >= 0.6 is 15.9 Å². The molecule has 37 heavy (non-hydrogen) atoms. The second kappa shape index (κ2) is 11.7. The number of hydrogen-bond donors (Lipinski definition) is 2. The fourth-order valence-corrected chi connectivity index (χ4v) is 4.09. The molecule has 0 radical (unpaired) electrons. The number of rotatable bonds is 7. The van der Waals surface area contributed by atoms with E-state index < -0.39 is 35.3 Å². The number of aliphatic hydroxyl groups excluding tert-OH is 1. The van der Waals surface area contributed by atoms with Crippen molar-refractivity contribution in [3.05, 3.63) is 80.6 Å². The van der Waals surface area contributed by atoms with Gasteiger partial charge in [0, 0.05) is 29.8 Å². The maximum Gasteiger partial charge on any atom is 0.354 e. The number of carbonyl (C=O) groups is 3. The van der Waals surface area contributed by atoms with Crippen LogP contribution in [0.25, 0.3) is 11.6 Å². The molecule has 2 N–H and O–H groups in total. The third-order valence-electron chi connectivity index (χ3n) is 5.78. The molecule has 0 saturated heterocycles. The number of benzene rings is 2. The number of hydrogen-bond acceptors (Lipinski definition) is 5. The van der Waals surface area contributed by atoms with Gasteiger partial charge in [-0.15, -0.1) is 0 Å². The predicted molar refractivity (Wildman–Crippen MR) is 137 cm³/mol. The van der Waals surface area contributed by atoms with E-state index in [4.69, 9.17) is 4.74 Å². The minimum absolute atomic E-state index is 0.0804. The van der Waals surface area contributed by atoms with Gasteiger partial charge in [-0.1, -0.05) is 47.1 Å². The van der Waals surface area contributed by atoms with E-state index in [2.05, 4.69) is 21.2 Å². The molecule has 1 unspecified atom stereocenters. The van der Waals surface area contributed by atoms with Crippen molar-refractivity contribution in [1.82, 2.24) is 15.1 Å². The van der Waals surface area contributed by atoms with Gasteiger partial charge in [0.2, 0.25) is 0 Å². The first-order valence-corrected chi connectivity index (χ1v) is 12.1. The number of urea groups is 1. The molecule has 3 amide bonds. The zero-order valence-electron chi connectivity index (χ0n) is 20.6. The van der Waals surface area contributed by atoms with Gasteiger partial charge in [-0.3, -0.25) is 9.69 Å². The van der Waals surface area contributed by atoms with Crippen molar-refractivity contribution >= 4 is 45.5 Å². The summed E-state index contributed by atoms with van der Waals surface area (Å²) in [5.74, 6) is -4.22. The lowest BCUT2D eigenvalue weighted by Crippen LogP contribution is -2.49. The molecular formula is C26H26BrF2N3O5. The van der Waals surface area contributed by atoms with Gasteiger partial charge in [-0.2, -0.15) is 0 Å². The van der Waals surface area contributed by atoms with Gasteiger partial charge in [0.15, 0.2) is 6.23 Å². The minimum atomic E-state index is -1.15. The Morgan fingerprint density at radius 3 is 2.32 bits per heavy atom. The van der Waals surface area contributed by atoms with Crippen molar-refractivity contribution in [2.75, 3.05) is 20.7 Å². The summed E-state index contributed by atoms with van der Waals surface area (Å²) in [5, 5.41) is 12.9. The number of nitrogens with one attached hydrogen (secondary N) is 1. The Hall–Kier alpha value is -3.57. The number of aliphatic hydroxyl groups is 1. The molecule has 1 atom stereocenters. The number of esters is 1. The first kappa shape index (κ1) is 28.0. The second-order valence-electron chi connectivity index (χ2n) is 8.34. The third-order valence-corrected chi connectivity index (χ3v) is 6.24. The average molecular weight is 578 g/mol. The first-order valence-electron chi connectivity index (χ1n) is 11.3. The van der Waals surface area contributed by atoms with Crippen molar-refractivity contribution in [2.24, 2.45) is 0 Å². The molecular weight excluding hydrogens is 552 g/mol. The van der Waals surface area contributed by atoms with Crippen LogP contribution in [0.5, 0.6) is 0 Å². The topological polar surface area (TPSA) is 99.2 Å². The van der Waals surface area contributed by atoms with E-state index in [9.17, 15) is 28.3 Å². The Morgan fingerprint density at radius 1 is 1.16 bits per heavy atom. The smallest absolute Gasteiger partial charge is 0.354 e. The van der Waals surface area contributed by atoms with E-state index in [1.165, 1.54) is 22.9 Å². The Balaban J connectivity index is 1.95. The van der Waals surface area contributed by atoms with Crippen LogP contribution in [0.2, 0.25) is 0 Å². The zero-order chi connectivity index (χ0) is 27.4. The third kappa shape index (κ3) is 6.05. The highest BCUT2D eigenvalue weighted by molar-refractivity contribution is 9.10. The summed E-state index contributed by atoms with van der Waals surface area (Å²) in [5.41, 5.74) is 1.04. The van der Waals surface area contributed by atoms with Crippen molar-refractivity contribution in [3.8, 4) is 0 Å². The molecule has 1 heterocycles. The summed E-state index contributed by atoms with van der Waals surface area (Å²) < 4.78 is 33.8. The lowest BCUT2D eigenvalue weighted by molar-refractivity contribution is -0.139. The van der Waals surface area contributed by atoms with Crippen LogP contribution in [-0.4, -0.2) is 59.7 Å². The molecule has 8 nitrogen and oxygen atoms in total. The minimum Gasteiger partial charge on any atom is -0.461 e. The van der Waals surface area contributed by atoms with E-state index in [-0.39, 0.29) is 22.8 Å². The Morgan fingerprint density at radius 2 is 1.76 bits per heavy atom. The van der Waals surface area contributed by atoms with E-state index in [1.807, 2.05) is 0 Å². The zero-order valence-corrected chi connectivity index (χ0v) is 22.2. The normalized spacial score (nSPS) is 16.3. The SMILES string of the molecule is CCCOC(=O)/C(=C/c1ccc(C2=C(C)N(C)C(=O)N(C)C2O)cc1)NC(=O)c1c(F)cc(Br)cc1F. The van der Waals surface area contributed by atoms with Crippen molar-refractivity contribution in [2.45, 2.75) is 26.5 Å². The number of likely N-dealkylation sites (N-methyl/N-ethyl adjacent to an activating group) is 1. The van der Waals surface area contributed by atoms with Gasteiger partial charge in [-0.05, 0) is 42.7 Å². The molecule has 0 aliphatic carbocycles. The Labute approximate surface area is 221 Å². The van der Waals surface area contributed by atoms with Gasteiger partial charge < -0.3 is 20.1 Å². The molecule has 0 spiro atoms. The monoisotopic (exact) mass is 577 g/mol. The number of halogens is 3. The second-order valence-corrected chi connectivity index (χ2v) is 9.26. The number of ether oxygens (including phenoxy) is 1. The van der Waals surface area contributed by atoms with Gasteiger partial charge in [-0.25, -0.2) is 18.4 Å².